The van der Waals surface area contributed by atoms with Crippen LogP contribution in [-0.2, 0) is 9.59 Å². The van der Waals surface area contributed by atoms with Crippen molar-refractivity contribution in [2.24, 2.45) is 5.92 Å². The van der Waals surface area contributed by atoms with Gasteiger partial charge in [0.05, 0.1) is 4.92 Å². The van der Waals surface area contributed by atoms with Crippen LogP contribution in [-0.4, -0.2) is 22.0 Å². The molecule has 0 saturated heterocycles. The van der Waals surface area contributed by atoms with E-state index in [4.69, 9.17) is 9.84 Å². The number of ether oxygens (including phenoxy) is 1. The summed E-state index contributed by atoms with van der Waals surface area (Å²) in [6.07, 6.45) is 0. The van der Waals surface area contributed by atoms with E-state index in [1.54, 1.807) is 0 Å². The van der Waals surface area contributed by atoms with Gasteiger partial charge in [0.1, 0.15) is 5.75 Å². The summed E-state index contributed by atoms with van der Waals surface area (Å²) in [7, 11) is 0. The number of hydrogen-bond acceptors (Lipinski definition) is 5. The summed E-state index contributed by atoms with van der Waals surface area (Å²) in [5, 5.41) is 18.9. The van der Waals surface area contributed by atoms with Crippen LogP contribution in [0.2, 0.25) is 0 Å². The predicted octanol–water partition coefficient (Wildman–Crippen LogP) is 1.22. The van der Waals surface area contributed by atoms with Crippen molar-refractivity contribution in [2.45, 2.75) is 6.92 Å². The molecule has 0 spiro atoms. The highest BCUT2D eigenvalue weighted by Gasteiger charge is 2.22. The van der Waals surface area contributed by atoms with Gasteiger partial charge in [0.15, 0.2) is 5.92 Å². The summed E-state index contributed by atoms with van der Waals surface area (Å²) in [5.74, 6) is -3.44. The average Bonchev–Trinajstić information content (AvgIpc) is 2.28. The van der Waals surface area contributed by atoms with Crippen LogP contribution in [0.4, 0.5) is 5.69 Å². The van der Waals surface area contributed by atoms with E-state index in [1.807, 2.05) is 0 Å². The summed E-state index contributed by atoms with van der Waals surface area (Å²) in [6, 6.07) is 4.78. The maximum atomic E-state index is 11.2. The number of esters is 1. The lowest BCUT2D eigenvalue weighted by atomic mass is 10.2. The van der Waals surface area contributed by atoms with Crippen molar-refractivity contribution >= 4 is 17.6 Å². The second-order valence-electron chi connectivity index (χ2n) is 3.23. The summed E-state index contributed by atoms with van der Waals surface area (Å²) < 4.78 is 4.73. The average molecular weight is 239 g/mol. The van der Waals surface area contributed by atoms with E-state index >= 15 is 0 Å². The predicted molar refractivity (Wildman–Crippen MR) is 55.5 cm³/mol. The third-order valence-corrected chi connectivity index (χ3v) is 1.99. The van der Waals surface area contributed by atoms with Crippen molar-refractivity contribution in [3.63, 3.8) is 0 Å². The molecule has 17 heavy (non-hydrogen) atoms. The van der Waals surface area contributed by atoms with E-state index in [0.29, 0.717) is 0 Å². The maximum absolute atomic E-state index is 11.2. The third kappa shape index (κ3) is 3.26. The van der Waals surface area contributed by atoms with E-state index in [1.165, 1.54) is 19.1 Å². The molecule has 0 aliphatic heterocycles. The molecule has 1 aromatic carbocycles. The van der Waals surface area contributed by atoms with Crippen LogP contribution < -0.4 is 4.74 Å². The normalized spacial score (nSPS) is 11.6. The summed E-state index contributed by atoms with van der Waals surface area (Å²) in [4.78, 5) is 31.5. The Kier molecular flexibility index (Phi) is 3.76. The molecule has 0 heterocycles. The molecule has 1 aromatic rings. The fourth-order valence-electron chi connectivity index (χ4n) is 0.941. The van der Waals surface area contributed by atoms with Crippen LogP contribution in [0.25, 0.3) is 0 Å². The Hall–Kier alpha value is -2.44. The monoisotopic (exact) mass is 239 g/mol. The molecule has 1 N–H and O–H groups in total. The van der Waals surface area contributed by atoms with Gasteiger partial charge in [0.25, 0.3) is 5.69 Å². The third-order valence-electron chi connectivity index (χ3n) is 1.99. The van der Waals surface area contributed by atoms with E-state index in [9.17, 15) is 19.7 Å². The zero-order valence-electron chi connectivity index (χ0n) is 8.82. The minimum absolute atomic E-state index is 0.0636. The molecular weight excluding hydrogens is 230 g/mol. The van der Waals surface area contributed by atoms with Crippen molar-refractivity contribution in [3.05, 3.63) is 34.4 Å². The topological polar surface area (TPSA) is 107 Å². The standard InChI is InChI=1S/C10H9NO6/c1-6(9(12)13)10(14)17-8-4-2-7(3-5-8)11(15)16/h2-6H,1H3,(H,12,13). The van der Waals surface area contributed by atoms with Crippen molar-refractivity contribution in [2.75, 3.05) is 0 Å². The SMILES string of the molecule is CC(C(=O)O)C(=O)Oc1ccc([N+](=O)[O-])cc1. The Morgan fingerprint density at radius 2 is 1.88 bits per heavy atom. The molecule has 0 aliphatic rings. The van der Waals surface area contributed by atoms with Gasteiger partial charge in [-0.05, 0) is 19.1 Å². The lowest BCUT2D eigenvalue weighted by Gasteiger charge is -2.06. The van der Waals surface area contributed by atoms with Gasteiger partial charge >= 0.3 is 11.9 Å². The number of carboxylic acids is 1. The van der Waals surface area contributed by atoms with Crippen LogP contribution in [0.3, 0.4) is 0 Å². The van der Waals surface area contributed by atoms with E-state index < -0.39 is 22.8 Å². The van der Waals surface area contributed by atoms with Gasteiger partial charge in [0, 0.05) is 12.1 Å². The number of carbonyl (C=O) groups excluding carboxylic acids is 1. The van der Waals surface area contributed by atoms with Gasteiger partial charge in [-0.2, -0.15) is 0 Å². The number of non-ortho nitro benzene ring substituents is 1. The van der Waals surface area contributed by atoms with E-state index in [0.717, 1.165) is 12.1 Å². The second kappa shape index (κ2) is 5.06. The number of benzene rings is 1. The highest BCUT2D eigenvalue weighted by Crippen LogP contribution is 2.18. The molecule has 90 valence electrons. The Balaban J connectivity index is 2.73. The Morgan fingerprint density at radius 3 is 2.29 bits per heavy atom. The summed E-state index contributed by atoms with van der Waals surface area (Å²) in [6.45, 7) is 1.19. The number of hydrogen-bond donors (Lipinski definition) is 1. The molecule has 1 rings (SSSR count). The highest BCUT2D eigenvalue weighted by atomic mass is 16.6. The summed E-state index contributed by atoms with van der Waals surface area (Å²) in [5.41, 5.74) is -0.143. The van der Waals surface area contributed by atoms with Gasteiger partial charge in [-0.3, -0.25) is 19.7 Å². The molecule has 0 saturated carbocycles. The summed E-state index contributed by atoms with van der Waals surface area (Å²) >= 11 is 0. The van der Waals surface area contributed by atoms with Gasteiger partial charge < -0.3 is 9.84 Å². The molecular formula is C10H9NO6. The van der Waals surface area contributed by atoms with E-state index in [2.05, 4.69) is 0 Å². The molecule has 7 heteroatoms. The van der Waals surface area contributed by atoms with Crippen LogP contribution in [0, 0.1) is 16.0 Å². The van der Waals surface area contributed by atoms with Gasteiger partial charge in [-0.15, -0.1) is 0 Å². The first-order valence-corrected chi connectivity index (χ1v) is 4.60. The van der Waals surface area contributed by atoms with Crippen LogP contribution in [0.1, 0.15) is 6.92 Å². The molecule has 1 atom stereocenters. The molecule has 0 amide bonds. The lowest BCUT2D eigenvalue weighted by Crippen LogP contribution is -2.25. The van der Waals surface area contributed by atoms with Gasteiger partial charge in [-0.1, -0.05) is 0 Å². The van der Waals surface area contributed by atoms with Crippen LogP contribution in [0.15, 0.2) is 24.3 Å². The number of nitrogens with zero attached hydrogens (tertiary/aromatic N) is 1. The minimum Gasteiger partial charge on any atom is -0.481 e. The quantitative estimate of drug-likeness (QED) is 0.278. The Labute approximate surface area is 95.8 Å². The van der Waals surface area contributed by atoms with Crippen molar-refractivity contribution in [3.8, 4) is 5.75 Å². The van der Waals surface area contributed by atoms with Crippen molar-refractivity contribution in [1.29, 1.82) is 0 Å². The van der Waals surface area contributed by atoms with Crippen molar-refractivity contribution < 1.29 is 24.4 Å². The zero-order valence-corrected chi connectivity index (χ0v) is 8.82. The first kappa shape index (κ1) is 12.6. The molecule has 0 fully saturated rings. The largest absolute Gasteiger partial charge is 0.481 e. The highest BCUT2D eigenvalue weighted by molar-refractivity contribution is 5.94. The lowest BCUT2D eigenvalue weighted by molar-refractivity contribution is -0.384. The van der Waals surface area contributed by atoms with Gasteiger partial charge in [0.2, 0.25) is 0 Å². The molecule has 0 radical (unpaired) electrons. The van der Waals surface area contributed by atoms with Crippen molar-refractivity contribution in [1.82, 2.24) is 0 Å². The molecule has 1 unspecified atom stereocenters. The molecule has 0 bridgehead atoms. The minimum atomic E-state index is -1.29. The Bertz CT molecular complexity index is 452. The van der Waals surface area contributed by atoms with E-state index in [-0.39, 0.29) is 11.4 Å². The molecule has 0 aliphatic carbocycles. The first-order valence-electron chi connectivity index (χ1n) is 4.60. The van der Waals surface area contributed by atoms with Gasteiger partial charge in [-0.25, -0.2) is 0 Å². The number of nitro benzene ring substituents is 1. The number of aliphatic carboxylic acids is 1. The number of nitro groups is 1. The smallest absolute Gasteiger partial charge is 0.325 e. The second-order valence-corrected chi connectivity index (χ2v) is 3.23. The molecule has 0 aromatic heterocycles. The fraction of sp³-hybridized carbons (Fsp3) is 0.200. The first-order chi connectivity index (χ1) is 7.91. The number of carbonyl (C=O) groups is 2. The molecule has 7 nitrogen and oxygen atoms in total. The maximum Gasteiger partial charge on any atom is 0.325 e. The Morgan fingerprint density at radius 1 is 1.35 bits per heavy atom. The number of carboxylic acid groups (broad SMARTS) is 1. The zero-order chi connectivity index (χ0) is 13.0. The van der Waals surface area contributed by atoms with Crippen LogP contribution in [0.5, 0.6) is 5.75 Å². The fourth-order valence-corrected chi connectivity index (χ4v) is 0.941. The van der Waals surface area contributed by atoms with Crippen LogP contribution >= 0.6 is 0 Å². The number of rotatable bonds is 4.